The predicted octanol–water partition coefficient (Wildman–Crippen LogP) is 4.88. The van der Waals surface area contributed by atoms with Crippen molar-refractivity contribution in [2.75, 3.05) is 18.0 Å². The summed E-state index contributed by atoms with van der Waals surface area (Å²) in [5.41, 5.74) is 3.97. The molecule has 0 N–H and O–H groups in total. The Morgan fingerprint density at radius 2 is 1.74 bits per heavy atom. The van der Waals surface area contributed by atoms with Crippen molar-refractivity contribution in [1.29, 1.82) is 0 Å². The largest absolute Gasteiger partial charge is 0.342 e. The molecule has 2 heterocycles. The summed E-state index contributed by atoms with van der Waals surface area (Å²) >= 11 is 0. The molecule has 0 aromatic heterocycles. The van der Waals surface area contributed by atoms with Crippen molar-refractivity contribution in [1.82, 2.24) is 4.90 Å². The molecule has 1 aliphatic carbocycles. The Balaban J connectivity index is 1.43. The smallest absolute Gasteiger partial charge is 0.226 e. The maximum atomic E-state index is 13.1. The number of allylic oxidation sites excluding steroid dienone is 2. The Morgan fingerprint density at radius 3 is 2.56 bits per heavy atom. The van der Waals surface area contributed by atoms with Crippen LogP contribution >= 0.6 is 0 Å². The van der Waals surface area contributed by atoms with E-state index in [1.165, 1.54) is 16.9 Å². The topological polar surface area (TPSA) is 23.6 Å². The van der Waals surface area contributed by atoms with Gasteiger partial charge in [-0.1, -0.05) is 48.6 Å². The number of fused-ring (bicyclic) bond motifs is 3. The molecule has 3 heteroatoms. The molecule has 0 radical (unpaired) electrons. The Bertz CT molecular complexity index is 860. The first-order valence-corrected chi connectivity index (χ1v) is 10.2. The Labute approximate surface area is 161 Å². The van der Waals surface area contributed by atoms with Gasteiger partial charge in [-0.25, -0.2) is 0 Å². The molecule has 1 fully saturated rings. The minimum absolute atomic E-state index is 0.188. The van der Waals surface area contributed by atoms with Crippen molar-refractivity contribution < 1.29 is 4.79 Å². The number of carbonyl (C=O) groups is 1. The minimum Gasteiger partial charge on any atom is -0.342 e. The predicted molar refractivity (Wildman–Crippen MR) is 109 cm³/mol. The van der Waals surface area contributed by atoms with Gasteiger partial charge >= 0.3 is 0 Å². The van der Waals surface area contributed by atoms with Crippen LogP contribution in [-0.2, 0) is 4.79 Å². The summed E-state index contributed by atoms with van der Waals surface area (Å²) in [4.78, 5) is 17.7. The van der Waals surface area contributed by atoms with Crippen molar-refractivity contribution >= 4 is 17.3 Å². The van der Waals surface area contributed by atoms with E-state index in [-0.39, 0.29) is 5.92 Å². The molecule has 3 nitrogen and oxygen atoms in total. The van der Waals surface area contributed by atoms with Gasteiger partial charge in [-0.2, -0.15) is 0 Å². The number of piperidine rings is 1. The van der Waals surface area contributed by atoms with Gasteiger partial charge in [-0.05, 0) is 49.4 Å². The van der Waals surface area contributed by atoms with E-state index in [1.807, 2.05) is 0 Å². The van der Waals surface area contributed by atoms with Gasteiger partial charge in [0.15, 0.2) is 0 Å². The molecule has 1 saturated heterocycles. The van der Waals surface area contributed by atoms with E-state index >= 15 is 0 Å². The maximum absolute atomic E-state index is 13.1. The Morgan fingerprint density at radius 1 is 0.926 bits per heavy atom. The molecule has 27 heavy (non-hydrogen) atoms. The van der Waals surface area contributed by atoms with Gasteiger partial charge in [0, 0.05) is 42.3 Å². The van der Waals surface area contributed by atoms with Crippen LogP contribution in [0.25, 0.3) is 0 Å². The monoisotopic (exact) mass is 358 g/mol. The van der Waals surface area contributed by atoms with Gasteiger partial charge in [0.1, 0.15) is 0 Å². The quantitative estimate of drug-likeness (QED) is 0.715. The van der Waals surface area contributed by atoms with Crippen LogP contribution in [0.15, 0.2) is 66.7 Å². The van der Waals surface area contributed by atoms with E-state index in [1.54, 1.807) is 0 Å². The molecular formula is C24H26N2O. The number of hydrogen-bond acceptors (Lipinski definition) is 2. The van der Waals surface area contributed by atoms with Crippen molar-refractivity contribution in [2.45, 2.75) is 37.6 Å². The third-order valence-corrected chi connectivity index (χ3v) is 6.47. The van der Waals surface area contributed by atoms with Crippen LogP contribution in [0.2, 0.25) is 0 Å². The summed E-state index contributed by atoms with van der Waals surface area (Å²) in [6.07, 6.45) is 8.38. The summed E-state index contributed by atoms with van der Waals surface area (Å²) in [7, 11) is 0. The number of benzene rings is 2. The molecule has 1 unspecified atom stereocenters. The molecule has 2 aromatic carbocycles. The van der Waals surface area contributed by atoms with E-state index < -0.39 is 0 Å². The van der Waals surface area contributed by atoms with Gasteiger partial charge in [0.2, 0.25) is 5.91 Å². The average Bonchev–Trinajstić information content (AvgIpc) is 3.08. The van der Waals surface area contributed by atoms with Gasteiger partial charge in [-0.3, -0.25) is 4.79 Å². The summed E-state index contributed by atoms with van der Waals surface area (Å²) in [5, 5.41) is 0. The molecular weight excluding hydrogens is 332 g/mol. The molecule has 138 valence electrons. The van der Waals surface area contributed by atoms with Crippen molar-refractivity contribution in [3.63, 3.8) is 0 Å². The van der Waals surface area contributed by atoms with Crippen molar-refractivity contribution in [3.05, 3.63) is 72.3 Å². The summed E-state index contributed by atoms with van der Waals surface area (Å²) in [6, 6.07) is 19.9. The lowest BCUT2D eigenvalue weighted by atomic mass is 9.87. The number of hydrogen-bond donors (Lipinski definition) is 0. The lowest BCUT2D eigenvalue weighted by Gasteiger charge is -2.40. The zero-order valence-electron chi connectivity index (χ0n) is 15.6. The van der Waals surface area contributed by atoms with Gasteiger partial charge in [0.25, 0.3) is 0 Å². The van der Waals surface area contributed by atoms with Crippen LogP contribution in [0.5, 0.6) is 0 Å². The Kier molecular flexibility index (Phi) is 4.23. The fourth-order valence-corrected chi connectivity index (χ4v) is 5.15. The van der Waals surface area contributed by atoms with Crippen LogP contribution in [0.3, 0.4) is 0 Å². The number of amides is 1. The fourth-order valence-electron chi connectivity index (χ4n) is 5.15. The first-order valence-electron chi connectivity index (χ1n) is 10.2. The van der Waals surface area contributed by atoms with Crippen LogP contribution in [-0.4, -0.2) is 29.9 Å². The molecule has 5 rings (SSSR count). The molecule has 3 atom stereocenters. The van der Waals surface area contributed by atoms with E-state index in [2.05, 4.69) is 76.5 Å². The van der Waals surface area contributed by atoms with Crippen molar-refractivity contribution in [3.8, 4) is 0 Å². The van der Waals surface area contributed by atoms with E-state index in [0.717, 1.165) is 38.8 Å². The Hall–Kier alpha value is -2.55. The highest BCUT2D eigenvalue weighted by atomic mass is 16.2. The third kappa shape index (κ3) is 2.86. The lowest BCUT2D eigenvalue weighted by Crippen LogP contribution is -2.48. The normalized spacial score (nSPS) is 26.6. The van der Waals surface area contributed by atoms with E-state index in [0.29, 0.717) is 17.9 Å². The lowest BCUT2D eigenvalue weighted by molar-refractivity contribution is -0.137. The second-order valence-electron chi connectivity index (χ2n) is 7.99. The molecule has 0 spiro atoms. The summed E-state index contributed by atoms with van der Waals surface area (Å²) in [6.45, 7) is 1.72. The zero-order valence-corrected chi connectivity index (χ0v) is 15.6. The second kappa shape index (κ2) is 6.88. The number of likely N-dealkylation sites (tertiary alicyclic amines) is 1. The standard InChI is InChI=1S/C24H26N2O/c27-24(18-9-3-1-4-10-18)25-16-15-23-21(17-25)20-13-7-8-14-22(20)26(23)19-11-5-2-6-12-19/h1-3,5-8,11-14,18,21,23H,4,9-10,15-17H2/t18?,21-,23+/m0/s1. The summed E-state index contributed by atoms with van der Waals surface area (Å²) < 4.78 is 0. The average molecular weight is 358 g/mol. The first kappa shape index (κ1) is 16.6. The zero-order chi connectivity index (χ0) is 18.2. The van der Waals surface area contributed by atoms with E-state index in [4.69, 9.17) is 0 Å². The highest BCUT2D eigenvalue weighted by Crippen LogP contribution is 2.48. The van der Waals surface area contributed by atoms with E-state index in [9.17, 15) is 4.79 Å². The number of anilines is 2. The van der Waals surface area contributed by atoms with Crippen LogP contribution in [0.1, 0.15) is 37.2 Å². The molecule has 2 aromatic rings. The van der Waals surface area contributed by atoms with Gasteiger partial charge in [-0.15, -0.1) is 0 Å². The maximum Gasteiger partial charge on any atom is 0.226 e. The van der Waals surface area contributed by atoms with Gasteiger partial charge in [0.05, 0.1) is 0 Å². The third-order valence-electron chi connectivity index (χ3n) is 6.47. The molecule has 0 bridgehead atoms. The highest BCUT2D eigenvalue weighted by molar-refractivity contribution is 5.80. The molecule has 2 aliphatic heterocycles. The molecule has 3 aliphatic rings. The van der Waals surface area contributed by atoms with Crippen LogP contribution in [0.4, 0.5) is 11.4 Å². The summed E-state index contributed by atoms with van der Waals surface area (Å²) in [5.74, 6) is 0.958. The number of nitrogens with zero attached hydrogens (tertiary/aromatic N) is 2. The SMILES string of the molecule is O=C(C1CC=CCC1)N1CC[C@@H]2[C@@H](C1)c1ccccc1N2c1ccccc1. The molecule has 1 amide bonds. The number of para-hydroxylation sites is 2. The van der Waals surface area contributed by atoms with Crippen molar-refractivity contribution in [2.24, 2.45) is 5.92 Å². The van der Waals surface area contributed by atoms with Crippen LogP contribution < -0.4 is 4.90 Å². The number of carbonyl (C=O) groups excluding carboxylic acids is 1. The second-order valence-corrected chi connectivity index (χ2v) is 7.99. The highest BCUT2D eigenvalue weighted by Gasteiger charge is 2.43. The van der Waals surface area contributed by atoms with Gasteiger partial charge < -0.3 is 9.80 Å². The number of rotatable bonds is 2. The molecule has 0 saturated carbocycles. The fraction of sp³-hybridized carbons (Fsp3) is 0.375. The van der Waals surface area contributed by atoms with Crippen LogP contribution in [0, 0.1) is 5.92 Å². The first-order chi connectivity index (χ1) is 13.3. The minimum atomic E-state index is 0.188.